The fraction of sp³-hybridized carbons (Fsp3) is 0.692. The maximum absolute atomic E-state index is 4.40. The monoisotopic (exact) mass is 249 g/mol. The summed E-state index contributed by atoms with van der Waals surface area (Å²) in [4.78, 5) is 11.2. The molecule has 1 fully saturated rings. The molecule has 2 N–H and O–H groups in total. The van der Waals surface area contributed by atoms with E-state index in [9.17, 15) is 0 Å². The number of aryl methyl sites for hydroxylation is 1. The van der Waals surface area contributed by atoms with Crippen LogP contribution in [0.1, 0.15) is 25.5 Å². The summed E-state index contributed by atoms with van der Waals surface area (Å²) in [5.41, 5.74) is 0.977. The third kappa shape index (κ3) is 3.32. The van der Waals surface area contributed by atoms with Crippen molar-refractivity contribution in [1.82, 2.24) is 14.9 Å². The van der Waals surface area contributed by atoms with Crippen LogP contribution in [-0.2, 0) is 0 Å². The van der Waals surface area contributed by atoms with Gasteiger partial charge in [0.05, 0.1) is 0 Å². The molecule has 2 rings (SSSR count). The number of hydrogen-bond donors (Lipinski definition) is 2. The Hall–Kier alpha value is -1.36. The van der Waals surface area contributed by atoms with Gasteiger partial charge in [-0.2, -0.15) is 4.98 Å². The smallest absolute Gasteiger partial charge is 0.224 e. The zero-order chi connectivity index (χ0) is 13.0. The van der Waals surface area contributed by atoms with Gasteiger partial charge in [0.2, 0.25) is 5.95 Å². The lowest BCUT2D eigenvalue weighted by Gasteiger charge is -2.24. The molecule has 18 heavy (non-hydrogen) atoms. The van der Waals surface area contributed by atoms with Gasteiger partial charge in [-0.3, -0.25) is 4.90 Å². The van der Waals surface area contributed by atoms with Crippen LogP contribution in [0.4, 0.5) is 11.8 Å². The lowest BCUT2D eigenvalue weighted by molar-refractivity contribution is 0.269. The first-order valence-electron chi connectivity index (χ1n) is 6.70. The number of rotatable bonds is 5. The summed E-state index contributed by atoms with van der Waals surface area (Å²) in [6, 6.07) is 2.54. The third-order valence-electron chi connectivity index (χ3n) is 3.42. The van der Waals surface area contributed by atoms with Crippen molar-refractivity contribution in [2.24, 2.45) is 0 Å². The summed E-state index contributed by atoms with van der Waals surface area (Å²) in [6.07, 6.45) is 2.67. The van der Waals surface area contributed by atoms with Crippen LogP contribution < -0.4 is 10.6 Å². The van der Waals surface area contributed by atoms with Gasteiger partial charge in [0.25, 0.3) is 0 Å². The van der Waals surface area contributed by atoms with E-state index in [4.69, 9.17) is 0 Å². The molecule has 0 aliphatic carbocycles. The van der Waals surface area contributed by atoms with E-state index in [1.54, 1.807) is 0 Å². The molecule has 0 saturated carbocycles. The minimum Gasteiger partial charge on any atom is -0.368 e. The summed E-state index contributed by atoms with van der Waals surface area (Å²) in [5, 5.41) is 6.38. The van der Waals surface area contributed by atoms with Gasteiger partial charge in [-0.1, -0.05) is 0 Å². The van der Waals surface area contributed by atoms with Gasteiger partial charge in [0, 0.05) is 31.4 Å². The molecule has 1 aromatic rings. The number of hydrogen-bond acceptors (Lipinski definition) is 5. The quantitative estimate of drug-likeness (QED) is 0.832. The maximum atomic E-state index is 4.40. The number of anilines is 2. The van der Waals surface area contributed by atoms with Crippen molar-refractivity contribution >= 4 is 11.8 Å². The molecular weight excluding hydrogens is 226 g/mol. The second-order valence-electron chi connectivity index (χ2n) is 4.94. The molecule has 1 aromatic heterocycles. The van der Waals surface area contributed by atoms with Crippen molar-refractivity contribution in [1.29, 1.82) is 0 Å². The van der Waals surface area contributed by atoms with E-state index in [-0.39, 0.29) is 0 Å². The molecular formula is C13H23N5. The molecule has 0 bridgehead atoms. The molecule has 0 aromatic carbocycles. The van der Waals surface area contributed by atoms with Gasteiger partial charge in [0.15, 0.2) is 0 Å². The van der Waals surface area contributed by atoms with Gasteiger partial charge in [-0.05, 0) is 39.8 Å². The average Bonchev–Trinajstić information content (AvgIpc) is 2.89. The van der Waals surface area contributed by atoms with Crippen LogP contribution in [0.2, 0.25) is 0 Å². The number of nitrogens with zero attached hydrogens (tertiary/aromatic N) is 3. The number of likely N-dealkylation sites (tertiary alicyclic amines) is 1. The lowest BCUT2D eigenvalue weighted by Crippen LogP contribution is -2.35. The number of nitrogens with one attached hydrogen (secondary N) is 2. The summed E-state index contributed by atoms with van der Waals surface area (Å²) in [7, 11) is 1.84. The lowest BCUT2D eigenvalue weighted by atomic mass is 10.3. The van der Waals surface area contributed by atoms with E-state index in [1.807, 2.05) is 20.0 Å². The Morgan fingerprint density at radius 1 is 1.33 bits per heavy atom. The predicted octanol–water partition coefficient (Wildman–Crippen LogP) is 1.72. The summed E-state index contributed by atoms with van der Waals surface area (Å²) < 4.78 is 0. The molecule has 0 spiro atoms. The Morgan fingerprint density at radius 3 is 2.72 bits per heavy atom. The standard InChI is InChI=1S/C13H23N5/c1-10-8-12(17-13(14-3)16-10)15-9-11(2)18-6-4-5-7-18/h8,11H,4-7,9H2,1-3H3,(H2,14,15,16,17). The molecule has 2 heterocycles. The van der Waals surface area contributed by atoms with Crippen molar-refractivity contribution in [3.05, 3.63) is 11.8 Å². The molecule has 1 aliphatic heterocycles. The molecule has 5 heteroatoms. The Kier molecular flexibility index (Phi) is 4.36. The van der Waals surface area contributed by atoms with Crippen molar-refractivity contribution < 1.29 is 0 Å². The summed E-state index contributed by atoms with van der Waals surface area (Å²) >= 11 is 0. The molecule has 1 atom stereocenters. The molecule has 1 saturated heterocycles. The first-order chi connectivity index (χ1) is 8.69. The maximum Gasteiger partial charge on any atom is 0.224 e. The van der Waals surface area contributed by atoms with E-state index in [2.05, 4.69) is 32.4 Å². The molecule has 5 nitrogen and oxygen atoms in total. The molecule has 0 radical (unpaired) electrons. The van der Waals surface area contributed by atoms with E-state index in [1.165, 1.54) is 25.9 Å². The Balaban J connectivity index is 1.90. The van der Waals surface area contributed by atoms with Crippen molar-refractivity contribution in [2.45, 2.75) is 32.7 Å². The van der Waals surface area contributed by atoms with E-state index in [0.29, 0.717) is 12.0 Å². The first kappa shape index (κ1) is 13.1. The van der Waals surface area contributed by atoms with Crippen LogP contribution in [0.25, 0.3) is 0 Å². The van der Waals surface area contributed by atoms with Crippen LogP contribution in [0, 0.1) is 6.92 Å². The summed E-state index contributed by atoms with van der Waals surface area (Å²) in [6.45, 7) is 7.64. The minimum atomic E-state index is 0.556. The van der Waals surface area contributed by atoms with E-state index < -0.39 is 0 Å². The fourth-order valence-corrected chi connectivity index (χ4v) is 2.33. The highest BCUT2D eigenvalue weighted by Gasteiger charge is 2.17. The zero-order valence-electron chi connectivity index (χ0n) is 11.5. The minimum absolute atomic E-state index is 0.556. The van der Waals surface area contributed by atoms with Crippen molar-refractivity contribution in [3.63, 3.8) is 0 Å². The largest absolute Gasteiger partial charge is 0.368 e. The van der Waals surface area contributed by atoms with Gasteiger partial charge in [-0.15, -0.1) is 0 Å². The van der Waals surface area contributed by atoms with Crippen molar-refractivity contribution in [2.75, 3.05) is 37.3 Å². The number of aromatic nitrogens is 2. The van der Waals surface area contributed by atoms with Crippen LogP contribution >= 0.6 is 0 Å². The zero-order valence-corrected chi connectivity index (χ0v) is 11.5. The normalized spacial score (nSPS) is 17.7. The topological polar surface area (TPSA) is 53.1 Å². The van der Waals surface area contributed by atoms with Gasteiger partial charge >= 0.3 is 0 Å². The van der Waals surface area contributed by atoms with Gasteiger partial charge in [0.1, 0.15) is 5.82 Å². The predicted molar refractivity (Wildman–Crippen MR) is 75.1 cm³/mol. The third-order valence-corrected chi connectivity index (χ3v) is 3.42. The Bertz CT molecular complexity index is 387. The second-order valence-corrected chi connectivity index (χ2v) is 4.94. The SMILES string of the molecule is CNc1nc(C)cc(NCC(C)N2CCCC2)n1. The Morgan fingerprint density at radius 2 is 2.06 bits per heavy atom. The van der Waals surface area contributed by atoms with Crippen LogP contribution in [0.15, 0.2) is 6.07 Å². The molecule has 1 unspecified atom stereocenters. The van der Waals surface area contributed by atoms with Crippen molar-refractivity contribution in [3.8, 4) is 0 Å². The van der Waals surface area contributed by atoms with Crippen LogP contribution in [0.3, 0.4) is 0 Å². The average molecular weight is 249 g/mol. The van der Waals surface area contributed by atoms with E-state index >= 15 is 0 Å². The van der Waals surface area contributed by atoms with Crippen LogP contribution in [0.5, 0.6) is 0 Å². The highest BCUT2D eigenvalue weighted by molar-refractivity contribution is 5.41. The highest BCUT2D eigenvalue weighted by Crippen LogP contribution is 2.13. The second kappa shape index (κ2) is 6.00. The van der Waals surface area contributed by atoms with Crippen LogP contribution in [-0.4, -0.2) is 47.6 Å². The van der Waals surface area contributed by atoms with Gasteiger partial charge in [-0.25, -0.2) is 4.98 Å². The Labute approximate surface area is 109 Å². The molecule has 0 amide bonds. The first-order valence-corrected chi connectivity index (χ1v) is 6.70. The molecule has 100 valence electrons. The van der Waals surface area contributed by atoms with Gasteiger partial charge < -0.3 is 10.6 Å². The molecule has 1 aliphatic rings. The summed E-state index contributed by atoms with van der Waals surface area (Å²) in [5.74, 6) is 1.57. The highest BCUT2D eigenvalue weighted by atomic mass is 15.2. The van der Waals surface area contributed by atoms with E-state index in [0.717, 1.165) is 18.1 Å². The fourth-order valence-electron chi connectivity index (χ4n) is 2.33.